The van der Waals surface area contributed by atoms with Gasteiger partial charge >= 0.3 is 0 Å². The zero-order valence-electron chi connectivity index (χ0n) is 11.2. The Morgan fingerprint density at radius 3 is 2.38 bits per heavy atom. The SMILES string of the molecule is CCC(C)NC(=O)CNC(COC)C(C)C. The summed E-state index contributed by atoms with van der Waals surface area (Å²) >= 11 is 0. The first-order chi connectivity index (χ1) is 7.51. The van der Waals surface area contributed by atoms with E-state index in [2.05, 4.69) is 31.4 Å². The largest absolute Gasteiger partial charge is 0.383 e. The molecule has 0 rings (SSSR count). The van der Waals surface area contributed by atoms with Gasteiger partial charge in [-0.15, -0.1) is 0 Å². The van der Waals surface area contributed by atoms with Gasteiger partial charge in [0.2, 0.25) is 5.91 Å². The number of amides is 1. The second-order valence-corrected chi connectivity index (χ2v) is 4.56. The number of nitrogens with one attached hydrogen (secondary N) is 2. The Hall–Kier alpha value is -0.610. The normalized spacial score (nSPS) is 14.9. The van der Waals surface area contributed by atoms with Gasteiger partial charge in [0.15, 0.2) is 0 Å². The minimum absolute atomic E-state index is 0.0519. The van der Waals surface area contributed by atoms with Gasteiger partial charge < -0.3 is 15.4 Å². The third kappa shape index (κ3) is 6.80. The molecule has 0 saturated heterocycles. The van der Waals surface area contributed by atoms with Crippen molar-refractivity contribution in [2.75, 3.05) is 20.3 Å². The molecule has 4 nitrogen and oxygen atoms in total. The smallest absolute Gasteiger partial charge is 0.234 e. The number of ether oxygens (including phenoxy) is 1. The lowest BCUT2D eigenvalue weighted by Crippen LogP contribution is -2.45. The Kier molecular flexibility index (Phi) is 8.21. The monoisotopic (exact) mass is 230 g/mol. The average molecular weight is 230 g/mol. The maximum atomic E-state index is 11.5. The predicted molar refractivity (Wildman–Crippen MR) is 66.4 cm³/mol. The van der Waals surface area contributed by atoms with E-state index in [1.807, 2.05) is 6.92 Å². The quantitative estimate of drug-likeness (QED) is 0.658. The molecule has 16 heavy (non-hydrogen) atoms. The van der Waals surface area contributed by atoms with Gasteiger partial charge in [-0.05, 0) is 19.3 Å². The first kappa shape index (κ1) is 15.4. The van der Waals surface area contributed by atoms with Crippen molar-refractivity contribution in [2.24, 2.45) is 5.92 Å². The van der Waals surface area contributed by atoms with E-state index in [4.69, 9.17) is 4.74 Å². The van der Waals surface area contributed by atoms with Crippen LogP contribution in [0, 0.1) is 5.92 Å². The van der Waals surface area contributed by atoms with Crippen molar-refractivity contribution < 1.29 is 9.53 Å². The maximum Gasteiger partial charge on any atom is 0.234 e. The fourth-order valence-corrected chi connectivity index (χ4v) is 1.32. The zero-order chi connectivity index (χ0) is 12.6. The molecule has 0 aromatic rings. The van der Waals surface area contributed by atoms with Gasteiger partial charge in [0, 0.05) is 19.2 Å². The molecule has 2 N–H and O–H groups in total. The fraction of sp³-hybridized carbons (Fsp3) is 0.917. The summed E-state index contributed by atoms with van der Waals surface area (Å²) < 4.78 is 5.11. The molecule has 0 fully saturated rings. The minimum Gasteiger partial charge on any atom is -0.383 e. The second kappa shape index (κ2) is 8.53. The van der Waals surface area contributed by atoms with Crippen LogP contribution in [0.1, 0.15) is 34.1 Å². The molecule has 0 bridgehead atoms. The molecule has 0 aromatic carbocycles. The van der Waals surface area contributed by atoms with Gasteiger partial charge in [0.25, 0.3) is 0 Å². The highest BCUT2D eigenvalue weighted by Crippen LogP contribution is 2.01. The van der Waals surface area contributed by atoms with E-state index in [-0.39, 0.29) is 18.0 Å². The molecule has 0 radical (unpaired) electrons. The van der Waals surface area contributed by atoms with Gasteiger partial charge in [-0.3, -0.25) is 4.79 Å². The lowest BCUT2D eigenvalue weighted by atomic mass is 10.1. The molecule has 0 aliphatic rings. The van der Waals surface area contributed by atoms with E-state index in [9.17, 15) is 4.79 Å². The minimum atomic E-state index is 0.0519. The number of carbonyl (C=O) groups excluding carboxylic acids is 1. The molecule has 0 heterocycles. The molecule has 2 unspecified atom stereocenters. The van der Waals surface area contributed by atoms with Crippen LogP contribution >= 0.6 is 0 Å². The highest BCUT2D eigenvalue weighted by molar-refractivity contribution is 5.78. The van der Waals surface area contributed by atoms with Crippen LogP contribution in [0.25, 0.3) is 0 Å². The fourth-order valence-electron chi connectivity index (χ4n) is 1.32. The van der Waals surface area contributed by atoms with Gasteiger partial charge in [-0.2, -0.15) is 0 Å². The molecule has 0 saturated carbocycles. The lowest BCUT2D eigenvalue weighted by molar-refractivity contribution is -0.121. The predicted octanol–water partition coefficient (Wildman–Crippen LogP) is 1.16. The van der Waals surface area contributed by atoms with E-state index in [0.29, 0.717) is 19.1 Å². The van der Waals surface area contributed by atoms with Gasteiger partial charge in [0.05, 0.1) is 13.2 Å². The van der Waals surface area contributed by atoms with Gasteiger partial charge in [0.1, 0.15) is 0 Å². The number of methoxy groups -OCH3 is 1. The van der Waals surface area contributed by atoms with Crippen molar-refractivity contribution in [1.29, 1.82) is 0 Å². The molecule has 0 spiro atoms. The van der Waals surface area contributed by atoms with Crippen LogP contribution in [0.15, 0.2) is 0 Å². The number of hydrogen-bond donors (Lipinski definition) is 2. The summed E-state index contributed by atoms with van der Waals surface area (Å²) in [5.74, 6) is 0.507. The zero-order valence-corrected chi connectivity index (χ0v) is 11.2. The second-order valence-electron chi connectivity index (χ2n) is 4.56. The van der Waals surface area contributed by atoms with Crippen LogP contribution in [0.3, 0.4) is 0 Å². The first-order valence-electron chi connectivity index (χ1n) is 6.02. The summed E-state index contributed by atoms with van der Waals surface area (Å²) in [6.07, 6.45) is 0.956. The Balaban J connectivity index is 3.87. The molecule has 0 aliphatic heterocycles. The summed E-state index contributed by atoms with van der Waals surface area (Å²) in [7, 11) is 1.68. The van der Waals surface area contributed by atoms with Crippen molar-refractivity contribution in [3.63, 3.8) is 0 Å². The summed E-state index contributed by atoms with van der Waals surface area (Å²) in [6.45, 7) is 9.28. The van der Waals surface area contributed by atoms with E-state index in [1.165, 1.54) is 0 Å². The van der Waals surface area contributed by atoms with Gasteiger partial charge in [-0.25, -0.2) is 0 Å². The Bertz CT molecular complexity index is 195. The molecule has 1 amide bonds. The summed E-state index contributed by atoms with van der Waals surface area (Å²) in [5, 5.41) is 6.14. The average Bonchev–Trinajstić information content (AvgIpc) is 2.23. The number of hydrogen-bond acceptors (Lipinski definition) is 3. The first-order valence-corrected chi connectivity index (χ1v) is 6.02. The van der Waals surface area contributed by atoms with Crippen LogP contribution < -0.4 is 10.6 Å². The van der Waals surface area contributed by atoms with Crippen LogP contribution in [-0.4, -0.2) is 38.3 Å². The lowest BCUT2D eigenvalue weighted by Gasteiger charge is -2.21. The maximum absolute atomic E-state index is 11.5. The topological polar surface area (TPSA) is 50.4 Å². The van der Waals surface area contributed by atoms with Crippen molar-refractivity contribution in [3.8, 4) is 0 Å². The molecule has 0 aliphatic carbocycles. The third-order valence-corrected chi connectivity index (χ3v) is 2.70. The Labute approximate surface area is 99.1 Å². The Morgan fingerprint density at radius 1 is 1.31 bits per heavy atom. The number of carbonyl (C=O) groups is 1. The molecular formula is C12H26N2O2. The van der Waals surface area contributed by atoms with Gasteiger partial charge in [-0.1, -0.05) is 20.8 Å². The van der Waals surface area contributed by atoms with Crippen molar-refractivity contribution in [1.82, 2.24) is 10.6 Å². The van der Waals surface area contributed by atoms with Crippen LogP contribution in [0.5, 0.6) is 0 Å². The summed E-state index contributed by atoms with van der Waals surface area (Å²) in [5.41, 5.74) is 0. The highest BCUT2D eigenvalue weighted by Gasteiger charge is 2.14. The van der Waals surface area contributed by atoms with Crippen molar-refractivity contribution >= 4 is 5.91 Å². The van der Waals surface area contributed by atoms with Crippen LogP contribution in [0.4, 0.5) is 0 Å². The van der Waals surface area contributed by atoms with Crippen LogP contribution in [0.2, 0.25) is 0 Å². The summed E-state index contributed by atoms with van der Waals surface area (Å²) in [4.78, 5) is 11.5. The molecule has 4 heteroatoms. The molecule has 0 aromatic heterocycles. The van der Waals surface area contributed by atoms with E-state index >= 15 is 0 Å². The number of rotatable bonds is 8. The van der Waals surface area contributed by atoms with E-state index in [1.54, 1.807) is 7.11 Å². The Morgan fingerprint density at radius 2 is 1.94 bits per heavy atom. The van der Waals surface area contributed by atoms with E-state index in [0.717, 1.165) is 6.42 Å². The summed E-state index contributed by atoms with van der Waals surface area (Å²) in [6, 6.07) is 0.474. The van der Waals surface area contributed by atoms with Crippen molar-refractivity contribution in [3.05, 3.63) is 0 Å². The standard InChI is InChI=1S/C12H26N2O2/c1-6-10(4)14-12(15)7-13-11(8-16-5)9(2)3/h9-11,13H,6-8H2,1-5H3,(H,14,15). The molecular weight excluding hydrogens is 204 g/mol. The highest BCUT2D eigenvalue weighted by atomic mass is 16.5. The molecule has 2 atom stereocenters. The third-order valence-electron chi connectivity index (χ3n) is 2.70. The van der Waals surface area contributed by atoms with E-state index < -0.39 is 0 Å². The van der Waals surface area contributed by atoms with Crippen LogP contribution in [-0.2, 0) is 9.53 Å². The molecule has 96 valence electrons. The van der Waals surface area contributed by atoms with Crippen molar-refractivity contribution in [2.45, 2.75) is 46.2 Å².